The Kier molecular flexibility index (Phi) is 5.10. The van der Waals surface area contributed by atoms with E-state index in [1.165, 1.54) is 32.1 Å². The first-order valence-electron chi connectivity index (χ1n) is 9.66. The third-order valence-electron chi connectivity index (χ3n) is 5.37. The van der Waals surface area contributed by atoms with Gasteiger partial charge in [0.05, 0.1) is 7.11 Å². The lowest BCUT2D eigenvalue weighted by Gasteiger charge is -2.31. The summed E-state index contributed by atoms with van der Waals surface area (Å²) in [5.74, 6) is 2.32. The van der Waals surface area contributed by atoms with Crippen molar-refractivity contribution in [2.24, 2.45) is 0 Å². The number of rotatable bonds is 5. The second kappa shape index (κ2) is 7.82. The number of hydrogen-bond donors (Lipinski definition) is 1. The summed E-state index contributed by atoms with van der Waals surface area (Å²) in [6.07, 6.45) is 6.29. The van der Waals surface area contributed by atoms with E-state index < -0.39 is 0 Å². The molecule has 0 unspecified atom stereocenters. The highest BCUT2D eigenvalue weighted by molar-refractivity contribution is 5.95. The van der Waals surface area contributed by atoms with Gasteiger partial charge in [0, 0.05) is 24.2 Å². The van der Waals surface area contributed by atoms with Crippen molar-refractivity contribution in [2.45, 2.75) is 38.1 Å². The Morgan fingerprint density at radius 3 is 2.48 bits per heavy atom. The monoisotopic (exact) mass is 362 g/mol. The molecule has 0 saturated heterocycles. The predicted molar refractivity (Wildman–Crippen MR) is 111 cm³/mol. The number of anilines is 3. The minimum atomic E-state index is 0.496. The van der Waals surface area contributed by atoms with Gasteiger partial charge in [-0.3, -0.25) is 0 Å². The third kappa shape index (κ3) is 3.68. The Balaban J connectivity index is 1.79. The van der Waals surface area contributed by atoms with E-state index in [9.17, 15) is 0 Å². The number of methoxy groups -OCH3 is 1. The van der Waals surface area contributed by atoms with Crippen LogP contribution in [0.25, 0.3) is 10.9 Å². The Labute approximate surface area is 160 Å². The molecule has 140 valence electrons. The fraction of sp³-hybridized carbons (Fsp3) is 0.364. The van der Waals surface area contributed by atoms with E-state index in [2.05, 4.69) is 17.3 Å². The molecule has 27 heavy (non-hydrogen) atoms. The molecule has 1 N–H and O–H groups in total. The lowest BCUT2D eigenvalue weighted by Crippen LogP contribution is -2.34. The molecule has 0 radical (unpaired) electrons. The summed E-state index contributed by atoms with van der Waals surface area (Å²) in [7, 11) is 3.80. The summed E-state index contributed by atoms with van der Waals surface area (Å²) >= 11 is 0. The molecule has 3 aromatic rings. The Morgan fingerprint density at radius 1 is 0.963 bits per heavy atom. The molecular formula is C22H26N4O. The van der Waals surface area contributed by atoms with Gasteiger partial charge in [0.1, 0.15) is 17.1 Å². The highest BCUT2D eigenvalue weighted by Crippen LogP contribution is 2.33. The maximum atomic E-state index is 5.58. The topological polar surface area (TPSA) is 50.3 Å². The molecule has 5 heteroatoms. The molecule has 4 rings (SSSR count). The standard InChI is InChI=1S/C22H26N4O/c1-26(17-12-7-4-8-13-17)22-24-20-18(14-9-15-19(20)27-2)21(25-22)23-16-10-5-3-6-11-16/h3,5-6,9-11,14-15,17H,4,7-8,12-13H2,1-2H3,(H,23,24,25). The number of hydrogen-bond acceptors (Lipinski definition) is 5. The quantitative estimate of drug-likeness (QED) is 0.680. The first-order chi connectivity index (χ1) is 13.3. The summed E-state index contributed by atoms with van der Waals surface area (Å²) in [4.78, 5) is 12.0. The van der Waals surface area contributed by atoms with Crippen LogP contribution in [-0.4, -0.2) is 30.2 Å². The predicted octanol–water partition coefficient (Wildman–Crippen LogP) is 5.15. The summed E-state index contributed by atoms with van der Waals surface area (Å²) in [5, 5.41) is 4.42. The SMILES string of the molecule is COc1cccc2c(Nc3ccccc3)nc(N(C)C3CCCCC3)nc12. The van der Waals surface area contributed by atoms with E-state index in [-0.39, 0.29) is 0 Å². The van der Waals surface area contributed by atoms with Crippen LogP contribution in [0.2, 0.25) is 0 Å². The molecule has 1 aliphatic rings. The molecule has 0 bridgehead atoms. The van der Waals surface area contributed by atoms with Crippen molar-refractivity contribution in [3.8, 4) is 5.75 Å². The average Bonchev–Trinajstić information content (AvgIpc) is 2.74. The first-order valence-corrected chi connectivity index (χ1v) is 9.66. The molecule has 1 saturated carbocycles. The van der Waals surface area contributed by atoms with Crippen LogP contribution in [0.5, 0.6) is 5.75 Å². The van der Waals surface area contributed by atoms with E-state index in [0.717, 1.165) is 34.1 Å². The molecule has 2 aromatic carbocycles. The molecule has 0 aliphatic heterocycles. The van der Waals surface area contributed by atoms with Crippen molar-refractivity contribution in [1.82, 2.24) is 9.97 Å². The van der Waals surface area contributed by atoms with Crippen LogP contribution in [-0.2, 0) is 0 Å². The van der Waals surface area contributed by atoms with Crippen LogP contribution in [0, 0.1) is 0 Å². The minimum Gasteiger partial charge on any atom is -0.494 e. The fourth-order valence-electron chi connectivity index (χ4n) is 3.82. The van der Waals surface area contributed by atoms with Crippen LogP contribution in [0.4, 0.5) is 17.5 Å². The van der Waals surface area contributed by atoms with E-state index in [4.69, 9.17) is 14.7 Å². The maximum Gasteiger partial charge on any atom is 0.228 e. The molecule has 0 amide bonds. The Hall–Kier alpha value is -2.82. The molecule has 1 heterocycles. The Bertz CT molecular complexity index is 907. The van der Waals surface area contributed by atoms with Gasteiger partial charge in [-0.1, -0.05) is 43.5 Å². The number of nitrogens with one attached hydrogen (secondary N) is 1. The van der Waals surface area contributed by atoms with E-state index in [1.54, 1.807) is 7.11 Å². The van der Waals surface area contributed by atoms with Crippen LogP contribution in [0.15, 0.2) is 48.5 Å². The van der Waals surface area contributed by atoms with Crippen molar-refractivity contribution >= 4 is 28.4 Å². The van der Waals surface area contributed by atoms with E-state index >= 15 is 0 Å². The molecule has 0 atom stereocenters. The van der Waals surface area contributed by atoms with Gasteiger partial charge in [-0.15, -0.1) is 0 Å². The largest absolute Gasteiger partial charge is 0.494 e. The summed E-state index contributed by atoms with van der Waals surface area (Å²) in [6, 6.07) is 16.6. The normalized spacial score (nSPS) is 14.9. The molecule has 0 spiro atoms. The van der Waals surface area contributed by atoms with Gasteiger partial charge in [0.15, 0.2) is 0 Å². The van der Waals surface area contributed by atoms with Crippen molar-refractivity contribution < 1.29 is 4.74 Å². The number of aromatic nitrogens is 2. The van der Waals surface area contributed by atoms with Gasteiger partial charge in [-0.05, 0) is 37.1 Å². The maximum absolute atomic E-state index is 5.58. The highest BCUT2D eigenvalue weighted by atomic mass is 16.5. The van der Waals surface area contributed by atoms with Crippen LogP contribution in [0.3, 0.4) is 0 Å². The number of benzene rings is 2. The van der Waals surface area contributed by atoms with Gasteiger partial charge in [-0.2, -0.15) is 4.98 Å². The van der Waals surface area contributed by atoms with Crippen molar-refractivity contribution in [3.63, 3.8) is 0 Å². The van der Waals surface area contributed by atoms with E-state index in [0.29, 0.717) is 6.04 Å². The van der Waals surface area contributed by atoms with Crippen LogP contribution >= 0.6 is 0 Å². The smallest absolute Gasteiger partial charge is 0.228 e. The number of para-hydroxylation sites is 2. The van der Waals surface area contributed by atoms with Gasteiger partial charge in [-0.25, -0.2) is 4.98 Å². The van der Waals surface area contributed by atoms with Gasteiger partial charge in [0.2, 0.25) is 5.95 Å². The third-order valence-corrected chi connectivity index (χ3v) is 5.37. The van der Waals surface area contributed by atoms with E-state index in [1.807, 2.05) is 48.5 Å². The zero-order chi connectivity index (χ0) is 18.6. The molecular weight excluding hydrogens is 336 g/mol. The summed E-state index contributed by atoms with van der Waals surface area (Å²) < 4.78 is 5.58. The van der Waals surface area contributed by atoms with Crippen molar-refractivity contribution in [1.29, 1.82) is 0 Å². The van der Waals surface area contributed by atoms with Gasteiger partial charge < -0.3 is 15.0 Å². The number of fused-ring (bicyclic) bond motifs is 1. The number of ether oxygens (including phenoxy) is 1. The van der Waals surface area contributed by atoms with Crippen molar-refractivity contribution in [3.05, 3.63) is 48.5 Å². The lowest BCUT2D eigenvalue weighted by atomic mass is 9.95. The number of nitrogens with zero attached hydrogens (tertiary/aromatic N) is 3. The second-order valence-electron chi connectivity index (χ2n) is 7.12. The second-order valence-corrected chi connectivity index (χ2v) is 7.12. The summed E-state index contributed by atoms with van der Waals surface area (Å²) in [6.45, 7) is 0. The van der Waals surface area contributed by atoms with Gasteiger partial charge in [0.25, 0.3) is 0 Å². The zero-order valence-corrected chi connectivity index (χ0v) is 16.0. The van der Waals surface area contributed by atoms with Gasteiger partial charge >= 0.3 is 0 Å². The van der Waals surface area contributed by atoms with Crippen molar-refractivity contribution in [2.75, 3.05) is 24.4 Å². The minimum absolute atomic E-state index is 0.496. The molecule has 1 fully saturated rings. The molecule has 1 aliphatic carbocycles. The lowest BCUT2D eigenvalue weighted by molar-refractivity contribution is 0.417. The fourth-order valence-corrected chi connectivity index (χ4v) is 3.82. The van der Waals surface area contributed by atoms with Crippen LogP contribution in [0.1, 0.15) is 32.1 Å². The zero-order valence-electron chi connectivity index (χ0n) is 16.0. The first kappa shape index (κ1) is 17.6. The molecule has 5 nitrogen and oxygen atoms in total. The average molecular weight is 362 g/mol. The van der Waals surface area contributed by atoms with Crippen LogP contribution < -0.4 is 15.0 Å². The summed E-state index contributed by atoms with van der Waals surface area (Å²) in [5.41, 5.74) is 1.85. The molecule has 1 aromatic heterocycles. The highest BCUT2D eigenvalue weighted by Gasteiger charge is 2.22. The Morgan fingerprint density at radius 2 is 1.74 bits per heavy atom.